The summed E-state index contributed by atoms with van der Waals surface area (Å²) in [5.41, 5.74) is 0.308. The lowest BCUT2D eigenvalue weighted by Gasteiger charge is -2.39. The van der Waals surface area contributed by atoms with Gasteiger partial charge in [0, 0.05) is 18.6 Å². The molecule has 0 radical (unpaired) electrons. The van der Waals surface area contributed by atoms with Crippen LogP contribution in [0.1, 0.15) is 45.6 Å². The molecule has 0 saturated carbocycles. The van der Waals surface area contributed by atoms with E-state index >= 15 is 0 Å². The summed E-state index contributed by atoms with van der Waals surface area (Å²) >= 11 is 0. The predicted octanol–water partition coefficient (Wildman–Crippen LogP) is 2.64. The fraction of sp³-hybridized carbons (Fsp3) is 0.550. The molecule has 7 heteroatoms. The van der Waals surface area contributed by atoms with E-state index in [9.17, 15) is 13.2 Å². The molecule has 1 fully saturated rings. The van der Waals surface area contributed by atoms with Crippen molar-refractivity contribution in [1.29, 1.82) is 0 Å². The predicted molar refractivity (Wildman–Crippen MR) is 104 cm³/mol. The number of sulfonamides is 1. The smallest absolute Gasteiger partial charge is 0.243 e. The molecule has 0 spiro atoms. The van der Waals surface area contributed by atoms with Crippen molar-refractivity contribution in [2.75, 3.05) is 13.1 Å². The molecule has 0 bridgehead atoms. The molecule has 6 nitrogen and oxygen atoms in total. The average molecular weight is 393 g/mol. The van der Waals surface area contributed by atoms with E-state index in [0.717, 1.165) is 24.2 Å². The van der Waals surface area contributed by atoms with Crippen LogP contribution in [-0.2, 0) is 21.2 Å². The van der Waals surface area contributed by atoms with Crippen LogP contribution < -0.4 is 10.1 Å². The highest BCUT2D eigenvalue weighted by atomic mass is 32.2. The second-order valence-corrected chi connectivity index (χ2v) is 10.2. The molecular formula is C20H28N2O4S. The first-order chi connectivity index (χ1) is 12.5. The maximum absolute atomic E-state index is 13.1. The van der Waals surface area contributed by atoms with Gasteiger partial charge in [0.05, 0.1) is 4.90 Å². The van der Waals surface area contributed by atoms with Gasteiger partial charge in [-0.05, 0) is 76.3 Å². The van der Waals surface area contributed by atoms with E-state index in [1.165, 1.54) is 10.4 Å². The molecule has 0 unspecified atom stereocenters. The van der Waals surface area contributed by atoms with Crippen molar-refractivity contribution in [3.63, 3.8) is 0 Å². The molecule has 1 aromatic rings. The molecule has 2 aliphatic rings. The Labute approximate surface area is 161 Å². The van der Waals surface area contributed by atoms with Gasteiger partial charge in [-0.25, -0.2) is 8.42 Å². The molecule has 2 heterocycles. The third-order valence-corrected chi connectivity index (χ3v) is 7.38. The van der Waals surface area contributed by atoms with E-state index in [2.05, 4.69) is 11.9 Å². The normalized spacial score (nSPS) is 21.6. The molecule has 1 amide bonds. The lowest BCUT2D eigenvalue weighted by Crippen LogP contribution is -2.53. The van der Waals surface area contributed by atoms with E-state index in [-0.39, 0.29) is 11.5 Å². The second kappa shape index (κ2) is 6.95. The minimum atomic E-state index is -3.56. The summed E-state index contributed by atoms with van der Waals surface area (Å²) in [6, 6.07) is 5.14. The fourth-order valence-electron chi connectivity index (χ4n) is 3.64. The van der Waals surface area contributed by atoms with Gasteiger partial charge < -0.3 is 10.1 Å². The topological polar surface area (TPSA) is 75.7 Å². The first-order valence-corrected chi connectivity index (χ1v) is 10.8. The molecule has 27 heavy (non-hydrogen) atoms. The molecule has 2 aliphatic heterocycles. The van der Waals surface area contributed by atoms with Crippen LogP contribution in [0, 0.1) is 0 Å². The molecule has 1 N–H and O–H groups in total. The first kappa shape index (κ1) is 19.9. The summed E-state index contributed by atoms with van der Waals surface area (Å²) in [6.07, 6.45) is 4.03. The Balaban J connectivity index is 1.75. The van der Waals surface area contributed by atoms with E-state index in [1.54, 1.807) is 18.2 Å². The highest BCUT2D eigenvalue weighted by Crippen LogP contribution is 2.35. The number of carbonyl (C=O) groups is 1. The standard InChI is InChI=1S/C20H28N2O4S/c1-5-18(23)21-20(4)10-12-22(13-11-20)27(24,25)16-6-7-17-15(14-16)8-9-19(2,3)26-17/h5-7,14H,1,8-13H2,2-4H3,(H,21,23). The van der Waals surface area contributed by atoms with E-state index in [1.807, 2.05) is 20.8 Å². The summed E-state index contributed by atoms with van der Waals surface area (Å²) in [5.74, 6) is 0.537. The van der Waals surface area contributed by atoms with Crippen LogP contribution in [0.25, 0.3) is 0 Å². The van der Waals surface area contributed by atoms with Gasteiger partial charge in [-0.2, -0.15) is 4.31 Å². The minimum absolute atomic E-state index is 0.222. The molecule has 0 aliphatic carbocycles. The van der Waals surface area contributed by atoms with Gasteiger partial charge in [0.2, 0.25) is 15.9 Å². The van der Waals surface area contributed by atoms with Crippen LogP contribution in [0.4, 0.5) is 0 Å². The number of hydrogen-bond donors (Lipinski definition) is 1. The Kier molecular flexibility index (Phi) is 5.12. The highest BCUT2D eigenvalue weighted by Gasteiger charge is 2.36. The number of hydrogen-bond acceptors (Lipinski definition) is 4. The highest BCUT2D eigenvalue weighted by molar-refractivity contribution is 7.89. The Morgan fingerprint density at radius 1 is 1.22 bits per heavy atom. The van der Waals surface area contributed by atoms with Crippen molar-refractivity contribution < 1.29 is 17.9 Å². The average Bonchev–Trinajstić information content (AvgIpc) is 2.60. The van der Waals surface area contributed by atoms with E-state index < -0.39 is 15.6 Å². The number of benzene rings is 1. The summed E-state index contributed by atoms with van der Waals surface area (Å²) in [5, 5.41) is 2.91. The maximum atomic E-state index is 13.1. The van der Waals surface area contributed by atoms with Gasteiger partial charge in [0.25, 0.3) is 0 Å². The third kappa shape index (κ3) is 4.19. The molecule has 1 aromatic carbocycles. The fourth-order valence-corrected chi connectivity index (χ4v) is 5.13. The Bertz CT molecular complexity index is 853. The number of rotatable bonds is 4. The number of piperidine rings is 1. The van der Waals surface area contributed by atoms with E-state index in [4.69, 9.17) is 4.74 Å². The van der Waals surface area contributed by atoms with Crippen molar-refractivity contribution in [3.8, 4) is 5.75 Å². The zero-order valence-corrected chi connectivity index (χ0v) is 17.1. The van der Waals surface area contributed by atoms with Gasteiger partial charge in [-0.1, -0.05) is 6.58 Å². The van der Waals surface area contributed by atoms with Crippen molar-refractivity contribution in [3.05, 3.63) is 36.4 Å². The molecule has 148 valence electrons. The molecule has 3 rings (SSSR count). The minimum Gasteiger partial charge on any atom is -0.488 e. The van der Waals surface area contributed by atoms with Crippen molar-refractivity contribution in [2.45, 2.75) is 62.5 Å². The van der Waals surface area contributed by atoms with Crippen LogP contribution in [-0.4, -0.2) is 42.9 Å². The number of carbonyl (C=O) groups excluding carboxylic acids is 1. The van der Waals surface area contributed by atoms with Crippen LogP contribution in [0.2, 0.25) is 0 Å². The number of ether oxygens (including phenoxy) is 1. The van der Waals surface area contributed by atoms with Gasteiger partial charge in [0.15, 0.2) is 0 Å². The molecule has 0 atom stereocenters. The molecular weight excluding hydrogens is 364 g/mol. The zero-order valence-electron chi connectivity index (χ0n) is 16.2. The number of aryl methyl sites for hydroxylation is 1. The number of fused-ring (bicyclic) bond motifs is 1. The monoisotopic (exact) mass is 392 g/mol. The summed E-state index contributed by atoms with van der Waals surface area (Å²) in [7, 11) is -3.56. The number of nitrogens with zero attached hydrogens (tertiary/aromatic N) is 1. The Morgan fingerprint density at radius 3 is 2.52 bits per heavy atom. The van der Waals surface area contributed by atoms with E-state index in [0.29, 0.717) is 30.8 Å². The molecule has 1 saturated heterocycles. The number of amides is 1. The van der Waals surface area contributed by atoms with Gasteiger partial charge in [-0.15, -0.1) is 0 Å². The summed E-state index contributed by atoms with van der Waals surface area (Å²) in [6.45, 7) is 10.2. The Hall–Kier alpha value is -1.86. The number of nitrogens with one attached hydrogen (secondary N) is 1. The van der Waals surface area contributed by atoms with Gasteiger partial charge in [-0.3, -0.25) is 4.79 Å². The van der Waals surface area contributed by atoms with Gasteiger partial charge >= 0.3 is 0 Å². The summed E-state index contributed by atoms with van der Waals surface area (Å²) < 4.78 is 33.6. The van der Waals surface area contributed by atoms with Crippen LogP contribution in [0.15, 0.2) is 35.7 Å². The second-order valence-electron chi connectivity index (χ2n) is 8.29. The lowest BCUT2D eigenvalue weighted by molar-refractivity contribution is -0.118. The quantitative estimate of drug-likeness (QED) is 0.800. The van der Waals surface area contributed by atoms with Crippen molar-refractivity contribution in [1.82, 2.24) is 9.62 Å². The largest absolute Gasteiger partial charge is 0.488 e. The van der Waals surface area contributed by atoms with Gasteiger partial charge in [0.1, 0.15) is 11.4 Å². The summed E-state index contributed by atoms with van der Waals surface area (Å²) in [4.78, 5) is 11.9. The Morgan fingerprint density at radius 2 is 1.89 bits per heavy atom. The molecule has 0 aromatic heterocycles. The van der Waals surface area contributed by atoms with Crippen LogP contribution in [0.5, 0.6) is 5.75 Å². The van der Waals surface area contributed by atoms with Crippen molar-refractivity contribution in [2.24, 2.45) is 0 Å². The first-order valence-electron chi connectivity index (χ1n) is 9.31. The van der Waals surface area contributed by atoms with Crippen LogP contribution >= 0.6 is 0 Å². The third-order valence-electron chi connectivity index (χ3n) is 5.49. The zero-order chi connectivity index (χ0) is 19.9. The van der Waals surface area contributed by atoms with Crippen LogP contribution in [0.3, 0.4) is 0 Å². The van der Waals surface area contributed by atoms with Crippen molar-refractivity contribution >= 4 is 15.9 Å². The SMILES string of the molecule is C=CC(=O)NC1(C)CCN(S(=O)(=O)c2ccc3c(c2)CCC(C)(C)O3)CC1. The lowest BCUT2D eigenvalue weighted by atomic mass is 9.90. The maximum Gasteiger partial charge on any atom is 0.243 e.